The van der Waals surface area contributed by atoms with Crippen LogP contribution in [-0.2, 0) is 19.6 Å². The highest BCUT2D eigenvalue weighted by Crippen LogP contribution is 2.46. The lowest BCUT2D eigenvalue weighted by Crippen LogP contribution is -2.30. The smallest absolute Gasteiger partial charge is 0.147 e. The first-order valence-corrected chi connectivity index (χ1v) is 13.3. The molecule has 1 saturated carbocycles. The van der Waals surface area contributed by atoms with Gasteiger partial charge in [0.1, 0.15) is 23.8 Å². The van der Waals surface area contributed by atoms with Crippen molar-refractivity contribution in [3.63, 3.8) is 0 Å². The van der Waals surface area contributed by atoms with Gasteiger partial charge in [0, 0.05) is 30.6 Å². The lowest BCUT2D eigenvalue weighted by atomic mass is 9.95. The Kier molecular flexibility index (Phi) is 6.37. The zero-order valence-corrected chi connectivity index (χ0v) is 22.1. The normalized spacial score (nSPS) is 15.2. The summed E-state index contributed by atoms with van der Waals surface area (Å²) in [7, 11) is 0. The van der Waals surface area contributed by atoms with Gasteiger partial charge in [0.05, 0.1) is 26.3 Å². The number of aryl methyl sites for hydroxylation is 1. The van der Waals surface area contributed by atoms with Crippen LogP contribution in [0.5, 0.6) is 5.75 Å². The summed E-state index contributed by atoms with van der Waals surface area (Å²) in [4.78, 5) is 2.33. The van der Waals surface area contributed by atoms with Crippen LogP contribution in [0.15, 0.2) is 59.1 Å². The van der Waals surface area contributed by atoms with Crippen LogP contribution in [0.25, 0.3) is 11.3 Å². The number of anilines is 1. The van der Waals surface area contributed by atoms with E-state index in [0.29, 0.717) is 38.0 Å². The lowest BCUT2D eigenvalue weighted by molar-refractivity contribution is 0.300. The molecule has 4 aromatic rings. The van der Waals surface area contributed by atoms with Crippen molar-refractivity contribution >= 4 is 40.5 Å². The van der Waals surface area contributed by atoms with Gasteiger partial charge in [0.2, 0.25) is 0 Å². The van der Waals surface area contributed by atoms with Crippen molar-refractivity contribution in [3.8, 4) is 17.0 Å². The standard InChI is InChI=1S/C29H25Cl3N2O2/c1-17-4-2-5-19-15-34(13-12-21(17)19)26-11-10-20(14-25(26)32)35-16-22-28(33-36-29(22)18-8-9-18)27-23(30)6-3-7-24(27)31/h2-7,10-11,14,18H,8-9,12-13,15-16H2,1H3. The number of halogens is 3. The van der Waals surface area contributed by atoms with Crippen molar-refractivity contribution in [2.75, 3.05) is 11.4 Å². The molecule has 0 bridgehead atoms. The van der Waals surface area contributed by atoms with Crippen molar-refractivity contribution in [3.05, 3.63) is 97.7 Å². The topological polar surface area (TPSA) is 38.5 Å². The number of benzene rings is 3. The monoisotopic (exact) mass is 538 g/mol. The summed E-state index contributed by atoms with van der Waals surface area (Å²) >= 11 is 19.7. The second-order valence-corrected chi connectivity index (χ2v) is 10.8. The summed E-state index contributed by atoms with van der Waals surface area (Å²) in [5.41, 5.74) is 7.39. The van der Waals surface area contributed by atoms with Crippen molar-refractivity contribution in [1.29, 1.82) is 0 Å². The molecule has 0 amide bonds. The second kappa shape index (κ2) is 9.66. The van der Waals surface area contributed by atoms with Crippen LogP contribution in [-0.4, -0.2) is 11.7 Å². The first-order valence-electron chi connectivity index (χ1n) is 12.2. The molecule has 1 fully saturated rings. The van der Waals surface area contributed by atoms with E-state index in [1.54, 1.807) is 12.1 Å². The highest BCUT2D eigenvalue weighted by Gasteiger charge is 2.33. The molecule has 0 saturated heterocycles. The molecule has 0 radical (unpaired) electrons. The fraction of sp³-hybridized carbons (Fsp3) is 0.276. The first-order chi connectivity index (χ1) is 17.5. The quantitative estimate of drug-likeness (QED) is 0.246. The van der Waals surface area contributed by atoms with Gasteiger partial charge in [-0.1, -0.05) is 64.2 Å². The van der Waals surface area contributed by atoms with E-state index >= 15 is 0 Å². The second-order valence-electron chi connectivity index (χ2n) is 9.53. The van der Waals surface area contributed by atoms with Crippen LogP contribution in [0.3, 0.4) is 0 Å². The SMILES string of the molecule is Cc1cccc2c1CCN(c1ccc(OCc3c(-c4c(Cl)cccc4Cl)noc3C3CC3)cc1Cl)C2. The number of rotatable bonds is 6. The van der Waals surface area contributed by atoms with Gasteiger partial charge in [-0.25, -0.2) is 0 Å². The molecule has 1 aliphatic heterocycles. The highest BCUT2D eigenvalue weighted by atomic mass is 35.5. The number of aromatic nitrogens is 1. The average molecular weight is 540 g/mol. The summed E-state index contributed by atoms with van der Waals surface area (Å²) in [5, 5.41) is 6.08. The van der Waals surface area contributed by atoms with E-state index in [9.17, 15) is 0 Å². The van der Waals surface area contributed by atoms with Crippen LogP contribution in [0.2, 0.25) is 15.1 Å². The first kappa shape index (κ1) is 23.7. The molecule has 36 heavy (non-hydrogen) atoms. The summed E-state index contributed by atoms with van der Waals surface area (Å²) in [5.74, 6) is 1.91. The minimum absolute atomic E-state index is 0.290. The minimum Gasteiger partial charge on any atom is -0.489 e. The van der Waals surface area contributed by atoms with E-state index in [1.807, 2.05) is 24.3 Å². The van der Waals surface area contributed by atoms with Gasteiger partial charge in [0.15, 0.2) is 0 Å². The molecule has 1 aromatic heterocycles. The molecule has 0 unspecified atom stereocenters. The van der Waals surface area contributed by atoms with E-state index < -0.39 is 0 Å². The lowest BCUT2D eigenvalue weighted by Gasteiger charge is -2.32. The molecule has 2 heterocycles. The zero-order chi connectivity index (χ0) is 24.8. The predicted octanol–water partition coefficient (Wildman–Crippen LogP) is 8.63. The van der Waals surface area contributed by atoms with Gasteiger partial charge >= 0.3 is 0 Å². The largest absolute Gasteiger partial charge is 0.489 e. The Morgan fingerprint density at radius 2 is 1.78 bits per heavy atom. The van der Waals surface area contributed by atoms with Crippen molar-refractivity contribution in [2.24, 2.45) is 0 Å². The highest BCUT2D eigenvalue weighted by molar-refractivity contribution is 6.39. The molecule has 4 nitrogen and oxygen atoms in total. The van der Waals surface area contributed by atoms with E-state index in [4.69, 9.17) is 44.1 Å². The number of fused-ring (bicyclic) bond motifs is 1. The summed E-state index contributed by atoms with van der Waals surface area (Å²) < 4.78 is 12.0. The molecule has 0 N–H and O–H groups in total. The van der Waals surface area contributed by atoms with Gasteiger partial charge in [-0.05, 0) is 67.1 Å². The minimum atomic E-state index is 0.290. The van der Waals surface area contributed by atoms with Gasteiger partial charge in [-0.15, -0.1) is 0 Å². The van der Waals surface area contributed by atoms with Crippen molar-refractivity contribution in [1.82, 2.24) is 5.16 Å². The Morgan fingerprint density at radius 3 is 2.53 bits per heavy atom. The van der Waals surface area contributed by atoms with Crippen LogP contribution < -0.4 is 9.64 Å². The average Bonchev–Trinajstić information content (AvgIpc) is 3.63. The molecule has 3 aromatic carbocycles. The van der Waals surface area contributed by atoms with E-state index in [1.165, 1.54) is 16.7 Å². The summed E-state index contributed by atoms with van der Waals surface area (Å²) in [6.07, 6.45) is 3.18. The molecule has 1 aliphatic carbocycles. The van der Waals surface area contributed by atoms with Gasteiger partial charge in [-0.2, -0.15) is 0 Å². The van der Waals surface area contributed by atoms with Crippen molar-refractivity contribution < 1.29 is 9.26 Å². The maximum atomic E-state index is 6.75. The van der Waals surface area contributed by atoms with Crippen LogP contribution in [0, 0.1) is 6.92 Å². The Bertz CT molecular complexity index is 1420. The Labute approximate surface area is 225 Å². The molecular formula is C29H25Cl3N2O2. The summed E-state index contributed by atoms with van der Waals surface area (Å²) in [6.45, 7) is 4.26. The van der Waals surface area contributed by atoms with Gasteiger partial charge < -0.3 is 14.2 Å². The molecule has 184 valence electrons. The molecular weight excluding hydrogens is 515 g/mol. The van der Waals surface area contributed by atoms with E-state index in [2.05, 4.69) is 35.2 Å². The third kappa shape index (κ3) is 4.47. The maximum Gasteiger partial charge on any atom is 0.147 e. The fourth-order valence-corrected chi connectivity index (χ4v) is 5.91. The van der Waals surface area contributed by atoms with E-state index in [-0.39, 0.29) is 6.61 Å². The molecule has 0 atom stereocenters. The number of ether oxygens (including phenoxy) is 1. The van der Waals surface area contributed by atoms with Crippen LogP contribution >= 0.6 is 34.8 Å². The summed E-state index contributed by atoms with van der Waals surface area (Å²) in [6, 6.07) is 17.8. The maximum absolute atomic E-state index is 6.75. The number of nitrogens with zero attached hydrogens (tertiary/aromatic N) is 2. The Morgan fingerprint density at radius 1 is 1.00 bits per heavy atom. The van der Waals surface area contributed by atoms with Crippen molar-refractivity contribution in [2.45, 2.75) is 45.3 Å². The Hall–Kier alpha value is -2.66. The molecule has 0 spiro atoms. The van der Waals surface area contributed by atoms with Crippen LogP contribution in [0.4, 0.5) is 5.69 Å². The predicted molar refractivity (Wildman–Crippen MR) is 146 cm³/mol. The van der Waals surface area contributed by atoms with E-state index in [0.717, 1.165) is 49.4 Å². The number of hydrogen-bond acceptors (Lipinski definition) is 4. The third-order valence-electron chi connectivity index (χ3n) is 7.11. The molecule has 2 aliphatic rings. The number of hydrogen-bond donors (Lipinski definition) is 0. The van der Waals surface area contributed by atoms with Gasteiger partial charge in [-0.3, -0.25) is 0 Å². The van der Waals surface area contributed by atoms with Gasteiger partial charge in [0.25, 0.3) is 0 Å². The molecule has 7 heteroatoms. The third-order valence-corrected chi connectivity index (χ3v) is 8.04. The van der Waals surface area contributed by atoms with Crippen LogP contribution in [0.1, 0.15) is 46.8 Å². The zero-order valence-electron chi connectivity index (χ0n) is 19.9. The fourth-order valence-electron chi connectivity index (χ4n) is 5.04. The Balaban J connectivity index is 1.23. The molecule has 6 rings (SSSR count).